The maximum absolute atomic E-state index is 8.80. The van der Waals surface area contributed by atoms with Gasteiger partial charge < -0.3 is 20.3 Å². The van der Waals surface area contributed by atoms with Crippen molar-refractivity contribution < 1.29 is 4.74 Å². The number of nitriles is 1. The van der Waals surface area contributed by atoms with E-state index in [0.29, 0.717) is 44.1 Å². The van der Waals surface area contributed by atoms with E-state index in [2.05, 4.69) is 30.8 Å². The first-order valence-electron chi connectivity index (χ1n) is 7.26. The molecule has 0 amide bonds. The molecule has 8 nitrogen and oxygen atoms in total. The van der Waals surface area contributed by atoms with Gasteiger partial charge in [0.15, 0.2) is 0 Å². The molecule has 1 aromatic rings. The van der Waals surface area contributed by atoms with Gasteiger partial charge in [0.1, 0.15) is 0 Å². The van der Waals surface area contributed by atoms with Crippen molar-refractivity contribution in [3.8, 4) is 6.07 Å². The van der Waals surface area contributed by atoms with Crippen LogP contribution in [0.3, 0.4) is 0 Å². The first kappa shape index (κ1) is 13.8. The Bertz CT molecular complexity index is 534. The summed E-state index contributed by atoms with van der Waals surface area (Å²) in [5.74, 6) is 1.41. The maximum atomic E-state index is 8.80. The van der Waals surface area contributed by atoms with Crippen molar-refractivity contribution in [3.05, 3.63) is 0 Å². The van der Waals surface area contributed by atoms with Crippen molar-refractivity contribution in [1.29, 1.82) is 5.26 Å². The Morgan fingerprint density at radius 1 is 1.29 bits per heavy atom. The summed E-state index contributed by atoms with van der Waals surface area (Å²) in [5, 5.41) is 8.80. The third-order valence-corrected chi connectivity index (χ3v) is 3.63. The van der Waals surface area contributed by atoms with Crippen LogP contribution in [0.2, 0.25) is 0 Å². The summed E-state index contributed by atoms with van der Waals surface area (Å²) in [6, 6.07) is 2.60. The van der Waals surface area contributed by atoms with Crippen LogP contribution in [0.25, 0.3) is 0 Å². The van der Waals surface area contributed by atoms with Crippen molar-refractivity contribution in [3.63, 3.8) is 0 Å². The molecule has 0 unspecified atom stereocenters. The molecular weight excluding hydrogens is 270 g/mol. The third kappa shape index (κ3) is 3.31. The molecule has 0 bridgehead atoms. The highest BCUT2D eigenvalue weighted by Crippen LogP contribution is 2.30. The first-order chi connectivity index (χ1) is 10.3. The van der Waals surface area contributed by atoms with Gasteiger partial charge >= 0.3 is 0 Å². The average Bonchev–Trinajstić information content (AvgIpc) is 3.33. The van der Waals surface area contributed by atoms with Gasteiger partial charge in [0.2, 0.25) is 17.8 Å². The van der Waals surface area contributed by atoms with Gasteiger partial charge in [-0.3, -0.25) is 0 Å². The number of nitrogen functional groups attached to an aromatic ring is 1. The fourth-order valence-corrected chi connectivity index (χ4v) is 2.41. The number of rotatable bonds is 5. The van der Waals surface area contributed by atoms with Crippen LogP contribution in [0.1, 0.15) is 19.3 Å². The molecule has 21 heavy (non-hydrogen) atoms. The quantitative estimate of drug-likeness (QED) is 0.818. The van der Waals surface area contributed by atoms with Crippen molar-refractivity contribution in [2.45, 2.75) is 25.3 Å². The topological polar surface area (TPSA) is 104 Å². The number of anilines is 3. The molecule has 2 fully saturated rings. The van der Waals surface area contributed by atoms with E-state index < -0.39 is 0 Å². The summed E-state index contributed by atoms with van der Waals surface area (Å²) >= 11 is 0. The second-order valence-electron chi connectivity index (χ2n) is 5.23. The molecule has 8 heteroatoms. The Morgan fingerprint density at radius 2 is 2.05 bits per heavy atom. The highest BCUT2D eigenvalue weighted by molar-refractivity contribution is 5.45. The molecule has 2 N–H and O–H groups in total. The van der Waals surface area contributed by atoms with E-state index in [1.54, 1.807) is 0 Å². The summed E-state index contributed by atoms with van der Waals surface area (Å²) in [7, 11) is 0. The molecule has 1 aliphatic heterocycles. The van der Waals surface area contributed by atoms with E-state index in [1.807, 2.05) is 0 Å². The van der Waals surface area contributed by atoms with Crippen LogP contribution >= 0.6 is 0 Å². The second kappa shape index (κ2) is 6.10. The standard InChI is InChI=1S/C13H19N7O/c14-4-1-5-20(10-2-3-10)13-17-11(15)16-12(18-13)19-6-8-21-9-7-19/h10H,1-3,5-9H2,(H2,15,16,17,18). The number of aromatic nitrogens is 3. The van der Waals surface area contributed by atoms with Gasteiger partial charge in [-0.1, -0.05) is 0 Å². The van der Waals surface area contributed by atoms with Crippen LogP contribution in [0, 0.1) is 11.3 Å². The lowest BCUT2D eigenvalue weighted by Crippen LogP contribution is -2.38. The highest BCUT2D eigenvalue weighted by atomic mass is 16.5. The largest absolute Gasteiger partial charge is 0.378 e. The molecule has 0 atom stereocenters. The summed E-state index contributed by atoms with van der Waals surface area (Å²) in [6.45, 7) is 3.48. The molecular formula is C13H19N7O. The molecule has 1 aromatic heterocycles. The van der Waals surface area contributed by atoms with Crippen molar-refractivity contribution in [1.82, 2.24) is 15.0 Å². The Balaban J connectivity index is 1.83. The first-order valence-corrected chi connectivity index (χ1v) is 7.26. The number of ether oxygens (including phenoxy) is 1. The lowest BCUT2D eigenvalue weighted by molar-refractivity contribution is 0.122. The average molecular weight is 289 g/mol. The van der Waals surface area contributed by atoms with E-state index in [4.69, 9.17) is 15.7 Å². The van der Waals surface area contributed by atoms with E-state index in [0.717, 1.165) is 25.9 Å². The lowest BCUT2D eigenvalue weighted by atomic mass is 10.4. The summed E-state index contributed by atoms with van der Waals surface area (Å²) in [6.07, 6.45) is 2.68. The van der Waals surface area contributed by atoms with Gasteiger partial charge in [0, 0.05) is 25.7 Å². The van der Waals surface area contributed by atoms with Crippen molar-refractivity contribution >= 4 is 17.8 Å². The zero-order valence-corrected chi connectivity index (χ0v) is 11.9. The molecule has 0 radical (unpaired) electrons. The molecule has 2 aliphatic rings. The van der Waals surface area contributed by atoms with Crippen LogP contribution in [-0.4, -0.2) is 53.8 Å². The van der Waals surface area contributed by atoms with Gasteiger partial charge in [-0.15, -0.1) is 0 Å². The lowest BCUT2D eigenvalue weighted by Gasteiger charge is -2.28. The minimum Gasteiger partial charge on any atom is -0.378 e. The van der Waals surface area contributed by atoms with Crippen molar-refractivity contribution in [2.24, 2.45) is 0 Å². The second-order valence-corrected chi connectivity index (χ2v) is 5.23. The molecule has 1 aliphatic carbocycles. The summed E-state index contributed by atoms with van der Waals surface area (Å²) in [4.78, 5) is 17.2. The minimum absolute atomic E-state index is 0.226. The summed E-state index contributed by atoms with van der Waals surface area (Å²) < 4.78 is 5.34. The molecule has 1 saturated heterocycles. The highest BCUT2D eigenvalue weighted by Gasteiger charge is 2.31. The number of nitrogens with two attached hydrogens (primary N) is 1. The van der Waals surface area contributed by atoms with Crippen LogP contribution in [0.5, 0.6) is 0 Å². The van der Waals surface area contributed by atoms with Crippen molar-refractivity contribution in [2.75, 3.05) is 48.4 Å². The van der Waals surface area contributed by atoms with E-state index in [1.165, 1.54) is 0 Å². The predicted molar refractivity (Wildman–Crippen MR) is 77.9 cm³/mol. The molecule has 112 valence electrons. The monoisotopic (exact) mass is 289 g/mol. The van der Waals surface area contributed by atoms with Gasteiger partial charge in [-0.25, -0.2) is 0 Å². The van der Waals surface area contributed by atoms with E-state index in [9.17, 15) is 0 Å². The fourth-order valence-electron chi connectivity index (χ4n) is 2.41. The number of nitrogens with zero attached hydrogens (tertiary/aromatic N) is 6. The molecule has 3 rings (SSSR count). The number of hydrogen-bond acceptors (Lipinski definition) is 8. The van der Waals surface area contributed by atoms with Gasteiger partial charge in [0.05, 0.1) is 25.7 Å². The molecule has 1 saturated carbocycles. The Kier molecular flexibility index (Phi) is 4.01. The van der Waals surface area contributed by atoms with Crippen LogP contribution in [-0.2, 0) is 4.74 Å². The maximum Gasteiger partial charge on any atom is 0.232 e. The number of morpholine rings is 1. The SMILES string of the molecule is N#CCCN(c1nc(N)nc(N2CCOCC2)n1)C1CC1. The Hall–Kier alpha value is -2.14. The normalized spacial score (nSPS) is 18.3. The van der Waals surface area contributed by atoms with Crippen LogP contribution in [0.4, 0.5) is 17.8 Å². The molecule has 0 aromatic carbocycles. The van der Waals surface area contributed by atoms with E-state index >= 15 is 0 Å². The van der Waals surface area contributed by atoms with Gasteiger partial charge in [-0.2, -0.15) is 20.2 Å². The molecule has 2 heterocycles. The fraction of sp³-hybridized carbons (Fsp3) is 0.692. The Labute approximate surface area is 123 Å². The summed E-state index contributed by atoms with van der Waals surface area (Å²) in [5.41, 5.74) is 5.84. The van der Waals surface area contributed by atoms with Crippen LogP contribution in [0.15, 0.2) is 0 Å². The van der Waals surface area contributed by atoms with Gasteiger partial charge in [0.25, 0.3) is 0 Å². The Morgan fingerprint density at radius 3 is 2.71 bits per heavy atom. The zero-order valence-electron chi connectivity index (χ0n) is 11.9. The predicted octanol–water partition coefficient (Wildman–Crippen LogP) is 0.173. The zero-order chi connectivity index (χ0) is 14.7. The molecule has 0 spiro atoms. The smallest absolute Gasteiger partial charge is 0.232 e. The third-order valence-electron chi connectivity index (χ3n) is 3.63. The minimum atomic E-state index is 0.226. The van der Waals surface area contributed by atoms with Crippen LogP contribution < -0.4 is 15.5 Å². The van der Waals surface area contributed by atoms with E-state index in [-0.39, 0.29) is 5.95 Å². The number of hydrogen-bond donors (Lipinski definition) is 1. The van der Waals surface area contributed by atoms with Gasteiger partial charge in [-0.05, 0) is 12.8 Å².